The quantitative estimate of drug-likeness (QED) is 0.796. The van der Waals surface area contributed by atoms with Gasteiger partial charge in [0.05, 0.1) is 0 Å². The third-order valence-electron chi connectivity index (χ3n) is 5.20. The van der Waals surface area contributed by atoms with Gasteiger partial charge in [-0.25, -0.2) is 0 Å². The summed E-state index contributed by atoms with van der Waals surface area (Å²) in [4.78, 5) is 14.6. The van der Waals surface area contributed by atoms with E-state index in [9.17, 15) is 4.79 Å². The van der Waals surface area contributed by atoms with Crippen LogP contribution in [0.3, 0.4) is 0 Å². The van der Waals surface area contributed by atoms with E-state index in [1.54, 1.807) is 0 Å². The van der Waals surface area contributed by atoms with Crippen LogP contribution in [-0.4, -0.2) is 49.6 Å². The largest absolute Gasteiger partial charge is 0.353 e. The minimum Gasteiger partial charge on any atom is -0.353 e. The Kier molecular flexibility index (Phi) is 4.38. The minimum atomic E-state index is 0.313. The molecular formula is C15H27N3O. The van der Waals surface area contributed by atoms with Crippen molar-refractivity contribution in [2.24, 2.45) is 11.8 Å². The number of amides is 1. The summed E-state index contributed by atoms with van der Waals surface area (Å²) in [5.41, 5.74) is 0. The zero-order chi connectivity index (χ0) is 13.1. The number of hydrogen-bond acceptors (Lipinski definition) is 3. The SMILES string of the molecule is O=C1NC2CCCCC2C1CCCN1CCNCC1. The molecule has 0 radical (unpaired) electrons. The van der Waals surface area contributed by atoms with Crippen LogP contribution in [0.2, 0.25) is 0 Å². The number of carbonyl (C=O) groups is 1. The molecule has 2 N–H and O–H groups in total. The minimum absolute atomic E-state index is 0.313. The molecule has 0 aromatic carbocycles. The Morgan fingerprint density at radius 2 is 1.95 bits per heavy atom. The van der Waals surface area contributed by atoms with E-state index in [-0.39, 0.29) is 0 Å². The average Bonchev–Trinajstić information content (AvgIpc) is 2.76. The van der Waals surface area contributed by atoms with E-state index in [0.717, 1.165) is 19.5 Å². The number of nitrogens with one attached hydrogen (secondary N) is 2. The van der Waals surface area contributed by atoms with Crippen LogP contribution in [0.15, 0.2) is 0 Å². The van der Waals surface area contributed by atoms with Crippen molar-refractivity contribution < 1.29 is 4.79 Å². The summed E-state index contributed by atoms with van der Waals surface area (Å²) < 4.78 is 0. The van der Waals surface area contributed by atoms with Crippen LogP contribution in [0.5, 0.6) is 0 Å². The average molecular weight is 265 g/mol. The van der Waals surface area contributed by atoms with E-state index < -0.39 is 0 Å². The standard InChI is InChI=1S/C15H27N3O/c19-15-13(12-4-1-2-6-14(12)17-15)5-3-9-18-10-7-16-8-11-18/h12-14,16H,1-11H2,(H,17,19). The Balaban J connectivity index is 1.44. The summed E-state index contributed by atoms with van der Waals surface area (Å²) >= 11 is 0. The molecule has 0 spiro atoms. The predicted molar refractivity (Wildman–Crippen MR) is 75.9 cm³/mol. The van der Waals surface area contributed by atoms with Gasteiger partial charge in [0.2, 0.25) is 5.91 Å². The van der Waals surface area contributed by atoms with Gasteiger partial charge in [0.1, 0.15) is 0 Å². The predicted octanol–water partition coefficient (Wildman–Crippen LogP) is 0.977. The molecule has 3 unspecified atom stereocenters. The van der Waals surface area contributed by atoms with Gasteiger partial charge in [-0.15, -0.1) is 0 Å². The lowest BCUT2D eigenvalue weighted by molar-refractivity contribution is -0.123. The van der Waals surface area contributed by atoms with Gasteiger partial charge in [-0.05, 0) is 38.1 Å². The fraction of sp³-hybridized carbons (Fsp3) is 0.933. The fourth-order valence-corrected chi connectivity index (χ4v) is 4.12. The van der Waals surface area contributed by atoms with E-state index in [1.807, 2.05) is 0 Å². The normalized spacial score (nSPS) is 36.0. The van der Waals surface area contributed by atoms with E-state index in [0.29, 0.717) is 23.8 Å². The van der Waals surface area contributed by atoms with Crippen molar-refractivity contribution in [1.29, 1.82) is 0 Å². The molecule has 0 bridgehead atoms. The maximum absolute atomic E-state index is 12.1. The first-order valence-electron chi connectivity index (χ1n) is 8.08. The Hall–Kier alpha value is -0.610. The zero-order valence-corrected chi connectivity index (χ0v) is 11.9. The second-order valence-electron chi connectivity index (χ2n) is 6.40. The second kappa shape index (κ2) is 6.23. The maximum Gasteiger partial charge on any atom is 0.223 e. The summed E-state index contributed by atoms with van der Waals surface area (Å²) in [7, 11) is 0. The summed E-state index contributed by atoms with van der Waals surface area (Å²) in [5, 5.41) is 6.62. The van der Waals surface area contributed by atoms with Gasteiger partial charge in [-0.2, -0.15) is 0 Å². The van der Waals surface area contributed by atoms with Crippen molar-refractivity contribution in [3.8, 4) is 0 Å². The smallest absolute Gasteiger partial charge is 0.223 e. The van der Waals surface area contributed by atoms with E-state index in [2.05, 4.69) is 15.5 Å². The third-order valence-corrected chi connectivity index (χ3v) is 5.20. The van der Waals surface area contributed by atoms with Crippen LogP contribution in [0, 0.1) is 11.8 Å². The summed E-state index contributed by atoms with van der Waals surface area (Å²) in [6.45, 7) is 5.75. The molecule has 1 aliphatic carbocycles. The molecule has 3 fully saturated rings. The molecule has 0 aromatic rings. The van der Waals surface area contributed by atoms with Crippen molar-refractivity contribution in [3.63, 3.8) is 0 Å². The van der Waals surface area contributed by atoms with Gasteiger partial charge in [0.25, 0.3) is 0 Å². The van der Waals surface area contributed by atoms with Crippen LogP contribution in [0.1, 0.15) is 38.5 Å². The van der Waals surface area contributed by atoms with E-state index >= 15 is 0 Å². The highest BCUT2D eigenvalue weighted by Crippen LogP contribution is 2.37. The van der Waals surface area contributed by atoms with Gasteiger partial charge >= 0.3 is 0 Å². The van der Waals surface area contributed by atoms with Crippen molar-refractivity contribution in [2.45, 2.75) is 44.6 Å². The number of hydrogen-bond donors (Lipinski definition) is 2. The van der Waals surface area contributed by atoms with Gasteiger partial charge in [-0.1, -0.05) is 12.8 Å². The lowest BCUT2D eigenvalue weighted by Gasteiger charge is -2.29. The lowest BCUT2D eigenvalue weighted by atomic mass is 9.78. The van der Waals surface area contributed by atoms with Crippen molar-refractivity contribution >= 4 is 5.91 Å². The number of nitrogens with zero attached hydrogens (tertiary/aromatic N) is 1. The molecule has 1 amide bonds. The lowest BCUT2D eigenvalue weighted by Crippen LogP contribution is -2.43. The number of carbonyl (C=O) groups excluding carboxylic acids is 1. The molecule has 2 saturated heterocycles. The molecule has 3 atom stereocenters. The molecule has 19 heavy (non-hydrogen) atoms. The Morgan fingerprint density at radius 1 is 1.16 bits per heavy atom. The Labute approximate surface area is 116 Å². The summed E-state index contributed by atoms with van der Waals surface area (Å²) in [5.74, 6) is 1.30. The number of rotatable bonds is 4. The highest BCUT2D eigenvalue weighted by atomic mass is 16.2. The molecule has 2 aliphatic heterocycles. The maximum atomic E-state index is 12.1. The molecule has 4 heteroatoms. The molecule has 3 rings (SSSR count). The fourth-order valence-electron chi connectivity index (χ4n) is 4.12. The second-order valence-corrected chi connectivity index (χ2v) is 6.40. The van der Waals surface area contributed by atoms with Gasteiger partial charge in [0.15, 0.2) is 0 Å². The highest BCUT2D eigenvalue weighted by molar-refractivity contribution is 5.81. The first-order chi connectivity index (χ1) is 9.34. The Bertz CT molecular complexity index is 315. The molecule has 2 heterocycles. The molecule has 3 aliphatic rings. The van der Waals surface area contributed by atoms with Gasteiger partial charge in [-0.3, -0.25) is 4.79 Å². The van der Waals surface area contributed by atoms with Crippen molar-refractivity contribution in [3.05, 3.63) is 0 Å². The molecule has 1 saturated carbocycles. The molecular weight excluding hydrogens is 238 g/mol. The van der Waals surface area contributed by atoms with Crippen molar-refractivity contribution in [2.75, 3.05) is 32.7 Å². The molecule has 0 aromatic heterocycles. The van der Waals surface area contributed by atoms with Crippen LogP contribution >= 0.6 is 0 Å². The molecule has 108 valence electrons. The van der Waals surface area contributed by atoms with Crippen LogP contribution in [-0.2, 0) is 4.79 Å². The van der Waals surface area contributed by atoms with Crippen molar-refractivity contribution in [1.82, 2.24) is 15.5 Å². The first-order valence-corrected chi connectivity index (χ1v) is 8.08. The number of piperazine rings is 1. The third kappa shape index (κ3) is 3.11. The zero-order valence-electron chi connectivity index (χ0n) is 11.9. The van der Waals surface area contributed by atoms with E-state index in [1.165, 1.54) is 51.7 Å². The number of fused-ring (bicyclic) bond motifs is 1. The first kappa shape index (κ1) is 13.4. The van der Waals surface area contributed by atoms with Gasteiger partial charge < -0.3 is 15.5 Å². The van der Waals surface area contributed by atoms with Crippen LogP contribution < -0.4 is 10.6 Å². The summed E-state index contributed by atoms with van der Waals surface area (Å²) in [6, 6.07) is 0.505. The topological polar surface area (TPSA) is 44.4 Å². The van der Waals surface area contributed by atoms with E-state index in [4.69, 9.17) is 0 Å². The van der Waals surface area contributed by atoms with Gasteiger partial charge in [0, 0.05) is 38.1 Å². The molecule has 4 nitrogen and oxygen atoms in total. The monoisotopic (exact) mass is 265 g/mol. The van der Waals surface area contributed by atoms with Crippen LogP contribution in [0.25, 0.3) is 0 Å². The highest BCUT2D eigenvalue weighted by Gasteiger charge is 2.42. The van der Waals surface area contributed by atoms with Crippen LogP contribution in [0.4, 0.5) is 0 Å². The Morgan fingerprint density at radius 3 is 2.79 bits per heavy atom. The summed E-state index contributed by atoms with van der Waals surface area (Å²) in [6.07, 6.45) is 7.38.